The summed E-state index contributed by atoms with van der Waals surface area (Å²) < 4.78 is 1.30. The van der Waals surface area contributed by atoms with Gasteiger partial charge in [0.15, 0.2) is 0 Å². The van der Waals surface area contributed by atoms with Gasteiger partial charge in [-0.15, -0.1) is 0 Å². The van der Waals surface area contributed by atoms with Gasteiger partial charge in [-0.05, 0) is 0 Å². The van der Waals surface area contributed by atoms with E-state index in [2.05, 4.69) is 143 Å². The Hall–Kier alpha value is -1.18. The molecule has 0 aliphatic heterocycles. The summed E-state index contributed by atoms with van der Waals surface area (Å²) in [4.78, 5) is 0. The smallest absolute Gasteiger partial charge is 1.00 e. The molecule has 0 fully saturated rings. The second-order valence-corrected chi connectivity index (χ2v) is 31.9. The van der Waals surface area contributed by atoms with Crippen molar-refractivity contribution < 1.29 is 45.7 Å². The third kappa shape index (κ3) is 6.84. The molecule has 43 heavy (non-hydrogen) atoms. The van der Waals surface area contributed by atoms with Crippen molar-refractivity contribution >= 4 is 23.3 Å². The normalized spacial score (nSPS) is 17.8. The molecule has 0 saturated carbocycles. The number of rotatable bonds is 8. The van der Waals surface area contributed by atoms with Crippen molar-refractivity contribution in [2.45, 2.75) is 107 Å². The fourth-order valence-corrected chi connectivity index (χ4v) is 33.3. The minimum atomic E-state index is -2.30. The number of hydrogen-bond acceptors (Lipinski definition) is 0. The molecule has 4 heteroatoms. The summed E-state index contributed by atoms with van der Waals surface area (Å²) in [6.45, 7) is 26.7. The summed E-state index contributed by atoms with van der Waals surface area (Å²) >= 11 is -2.30. The van der Waals surface area contributed by atoms with Gasteiger partial charge in [0.1, 0.15) is 0 Å². The van der Waals surface area contributed by atoms with Gasteiger partial charge < -0.3 is 24.8 Å². The molecule has 2 aliphatic carbocycles. The van der Waals surface area contributed by atoms with Gasteiger partial charge in [-0.2, -0.15) is 0 Å². The SMILES string of the molecule is CC1=Cc2c(C(C)C)cc(C(C)C)cc2[CH]1[Zr+2]([CH]1C(C)=Cc2c(C(C)C)cc(C(C)C)cc21)[SiH](C)c1ccccc1.[Cl-].[Cl-]. The third-order valence-electron chi connectivity index (χ3n) is 9.85. The van der Waals surface area contributed by atoms with Gasteiger partial charge in [-0.25, -0.2) is 0 Å². The van der Waals surface area contributed by atoms with Crippen molar-refractivity contribution in [3.05, 3.63) is 110 Å². The van der Waals surface area contributed by atoms with Crippen LogP contribution < -0.4 is 30.0 Å². The van der Waals surface area contributed by atoms with E-state index in [0.29, 0.717) is 30.9 Å². The molecule has 0 amide bonds. The molecule has 0 heterocycles. The molecule has 0 N–H and O–H groups in total. The number of fused-ring (bicyclic) bond motifs is 2. The van der Waals surface area contributed by atoms with Crippen molar-refractivity contribution in [2.75, 3.05) is 0 Å². The van der Waals surface area contributed by atoms with Gasteiger partial charge in [0.05, 0.1) is 0 Å². The third-order valence-corrected chi connectivity index (χ3v) is 33.1. The van der Waals surface area contributed by atoms with E-state index in [1.165, 1.54) is 11.1 Å². The van der Waals surface area contributed by atoms with E-state index in [1.807, 2.05) is 0 Å². The van der Waals surface area contributed by atoms with E-state index >= 15 is 0 Å². The van der Waals surface area contributed by atoms with E-state index in [1.54, 1.807) is 49.7 Å². The van der Waals surface area contributed by atoms with Crippen LogP contribution in [0.2, 0.25) is 6.55 Å². The fraction of sp³-hybridized carbons (Fsp3) is 0.436. The van der Waals surface area contributed by atoms with Crippen LogP contribution in [0, 0.1) is 0 Å². The average molecular weight is 710 g/mol. The van der Waals surface area contributed by atoms with Crippen LogP contribution in [0.25, 0.3) is 12.2 Å². The number of hydrogen-bond donors (Lipinski definition) is 0. The predicted molar refractivity (Wildman–Crippen MR) is 181 cm³/mol. The van der Waals surface area contributed by atoms with Crippen LogP contribution in [-0.4, -0.2) is 5.92 Å². The van der Waals surface area contributed by atoms with Gasteiger partial charge in [0.25, 0.3) is 0 Å². The Kier molecular flexibility index (Phi) is 12.2. The quantitative estimate of drug-likeness (QED) is 0.298. The minimum absolute atomic E-state index is 0. The second kappa shape index (κ2) is 14.5. The maximum atomic E-state index is 2.73. The number of allylic oxidation sites excluding steroid dienone is 2. The molecule has 3 atom stereocenters. The molecule has 3 aromatic carbocycles. The molecule has 2 aliphatic rings. The maximum absolute atomic E-state index is 2.73. The first-order valence-electron chi connectivity index (χ1n) is 16.0. The molecule has 0 radical (unpaired) electrons. The summed E-state index contributed by atoms with van der Waals surface area (Å²) in [5.41, 5.74) is 16.0. The molecular weight excluding hydrogens is 659 g/mol. The summed E-state index contributed by atoms with van der Waals surface area (Å²) in [7, 11) is 0. The van der Waals surface area contributed by atoms with E-state index in [4.69, 9.17) is 0 Å². The summed E-state index contributed by atoms with van der Waals surface area (Å²) in [5.74, 6) is 0.951. The largest absolute Gasteiger partial charge is 1.00 e. The molecule has 3 unspecified atom stereocenters. The van der Waals surface area contributed by atoms with Crippen molar-refractivity contribution in [2.24, 2.45) is 0 Å². The van der Waals surface area contributed by atoms with Crippen molar-refractivity contribution in [1.29, 1.82) is 0 Å². The second-order valence-electron chi connectivity index (χ2n) is 14.1. The Bertz CT molecular complexity index is 1410. The van der Waals surface area contributed by atoms with Crippen molar-refractivity contribution in [1.82, 2.24) is 0 Å². The van der Waals surface area contributed by atoms with Crippen molar-refractivity contribution in [3.63, 3.8) is 0 Å². The zero-order valence-corrected chi connectivity index (χ0v) is 33.3. The first-order chi connectivity index (χ1) is 19.4. The van der Waals surface area contributed by atoms with Gasteiger partial charge in [0, 0.05) is 0 Å². The summed E-state index contributed by atoms with van der Waals surface area (Å²) in [6.07, 6.45) is 5.23. The molecule has 5 rings (SSSR count). The zero-order chi connectivity index (χ0) is 29.7. The monoisotopic (exact) mass is 707 g/mol. The van der Waals surface area contributed by atoms with E-state index in [-0.39, 0.29) is 24.8 Å². The van der Waals surface area contributed by atoms with Crippen LogP contribution in [0.5, 0.6) is 0 Å². The Morgan fingerprint density at radius 1 is 0.581 bits per heavy atom. The van der Waals surface area contributed by atoms with Crippen LogP contribution in [-0.2, 0) is 20.9 Å². The molecule has 3 aromatic rings. The molecular formula is C39H51Cl2SiZr. The van der Waals surface area contributed by atoms with Gasteiger partial charge >= 0.3 is 261 Å². The van der Waals surface area contributed by atoms with Crippen LogP contribution in [0.3, 0.4) is 0 Å². The Morgan fingerprint density at radius 2 is 0.977 bits per heavy atom. The first-order valence-corrected chi connectivity index (χ1v) is 25.4. The molecule has 229 valence electrons. The number of benzene rings is 3. The van der Waals surface area contributed by atoms with Crippen LogP contribution in [0.15, 0.2) is 65.7 Å². The van der Waals surface area contributed by atoms with Crippen LogP contribution >= 0.6 is 0 Å². The zero-order valence-electron chi connectivity index (χ0n) is 28.1. The minimum Gasteiger partial charge on any atom is -1.00 e. The van der Waals surface area contributed by atoms with Gasteiger partial charge in [-0.3, -0.25) is 0 Å². The van der Waals surface area contributed by atoms with Crippen molar-refractivity contribution in [3.8, 4) is 0 Å². The Labute approximate surface area is 283 Å². The van der Waals surface area contributed by atoms with E-state index < -0.39 is 26.8 Å². The molecule has 0 aromatic heterocycles. The van der Waals surface area contributed by atoms with Crippen LogP contribution in [0.1, 0.15) is 145 Å². The Balaban J connectivity index is 0.00000253. The van der Waals surface area contributed by atoms with E-state index in [0.717, 1.165) is 0 Å². The maximum Gasteiger partial charge on any atom is -1.00 e. The number of halogens is 2. The van der Waals surface area contributed by atoms with Gasteiger partial charge in [-0.1, -0.05) is 0 Å². The molecule has 0 nitrogen and oxygen atoms in total. The van der Waals surface area contributed by atoms with Gasteiger partial charge in [0.2, 0.25) is 0 Å². The molecule has 0 bridgehead atoms. The first kappa shape index (κ1) is 36.3. The summed E-state index contributed by atoms with van der Waals surface area (Å²) in [5, 5.41) is 1.68. The fourth-order valence-electron chi connectivity index (χ4n) is 7.48. The van der Waals surface area contributed by atoms with Crippen LogP contribution in [0.4, 0.5) is 0 Å². The summed E-state index contributed by atoms with van der Waals surface area (Å²) in [6, 6.07) is 22.1. The average Bonchev–Trinajstić information content (AvgIpc) is 3.43. The molecule has 0 saturated heterocycles. The predicted octanol–water partition coefficient (Wildman–Crippen LogP) is 4.68. The Morgan fingerprint density at radius 3 is 1.33 bits per heavy atom. The topological polar surface area (TPSA) is 0 Å². The standard InChI is InChI=1S/2C16H21.C7H9Si.2ClH.Zr/c2*1-10(2)13-8-14-6-12(5)7-16(14)15(9-13)11(3)4;1-8-7-5-3-2-4-6-7;;;/h2*6-11H,1-5H3;2-6,8H,1H3;2*1H;/q;;;;;+2/p-2. The van der Waals surface area contributed by atoms with E-state index in [9.17, 15) is 0 Å². The molecule has 0 spiro atoms.